The number of hydrogen-bond donors (Lipinski definition) is 2. The fourth-order valence-electron chi connectivity index (χ4n) is 2.07. The molecule has 0 radical (unpaired) electrons. The van der Waals surface area contributed by atoms with Crippen molar-refractivity contribution in [3.63, 3.8) is 0 Å². The zero-order valence-electron chi connectivity index (χ0n) is 13.5. The number of nitrogens with zero attached hydrogens (tertiary/aromatic N) is 4. The SMILES string of the molecule is COC(=O)c1ccc(Nc2cnnc(NCc3ccccn3)n2)cc1. The lowest BCUT2D eigenvalue weighted by molar-refractivity contribution is 0.0601. The van der Waals surface area contributed by atoms with E-state index in [1.165, 1.54) is 13.3 Å². The Morgan fingerprint density at radius 3 is 2.72 bits per heavy atom. The van der Waals surface area contributed by atoms with Crippen LogP contribution in [0, 0.1) is 0 Å². The highest BCUT2D eigenvalue weighted by Gasteiger charge is 2.05. The first-order chi connectivity index (χ1) is 12.2. The number of anilines is 3. The van der Waals surface area contributed by atoms with Crippen molar-refractivity contribution in [3.8, 4) is 0 Å². The first kappa shape index (κ1) is 16.3. The van der Waals surface area contributed by atoms with E-state index in [-0.39, 0.29) is 5.97 Å². The standard InChI is InChI=1S/C17H16N6O2/c1-25-16(24)12-5-7-13(8-6-12)21-15-11-20-23-17(22-15)19-10-14-4-2-3-9-18-14/h2-9,11H,10H2,1H3,(H2,19,21,22,23). The molecule has 0 spiro atoms. The number of rotatable bonds is 6. The number of pyridine rings is 1. The Balaban J connectivity index is 1.64. The first-order valence-corrected chi connectivity index (χ1v) is 7.53. The van der Waals surface area contributed by atoms with Gasteiger partial charge in [0, 0.05) is 11.9 Å². The molecule has 2 N–H and O–H groups in total. The molecule has 0 aliphatic carbocycles. The molecular weight excluding hydrogens is 320 g/mol. The Bertz CT molecular complexity index is 839. The molecule has 3 rings (SSSR count). The summed E-state index contributed by atoms with van der Waals surface area (Å²) in [6.07, 6.45) is 3.24. The fraction of sp³-hybridized carbons (Fsp3) is 0.118. The van der Waals surface area contributed by atoms with E-state index in [9.17, 15) is 4.79 Å². The van der Waals surface area contributed by atoms with E-state index in [0.717, 1.165) is 11.4 Å². The van der Waals surface area contributed by atoms with Crippen molar-refractivity contribution in [1.29, 1.82) is 0 Å². The molecule has 25 heavy (non-hydrogen) atoms. The van der Waals surface area contributed by atoms with Gasteiger partial charge < -0.3 is 15.4 Å². The maximum Gasteiger partial charge on any atom is 0.337 e. The summed E-state index contributed by atoms with van der Waals surface area (Å²) in [5, 5.41) is 14.0. The average Bonchev–Trinajstić information content (AvgIpc) is 2.67. The number of nitrogens with one attached hydrogen (secondary N) is 2. The number of aromatic nitrogens is 4. The van der Waals surface area contributed by atoms with Gasteiger partial charge >= 0.3 is 5.97 Å². The zero-order chi connectivity index (χ0) is 17.5. The second kappa shape index (κ2) is 7.82. The minimum atomic E-state index is -0.378. The van der Waals surface area contributed by atoms with Crippen LogP contribution in [-0.2, 0) is 11.3 Å². The van der Waals surface area contributed by atoms with Crippen LogP contribution in [0.3, 0.4) is 0 Å². The van der Waals surface area contributed by atoms with Crippen LogP contribution in [-0.4, -0.2) is 33.2 Å². The molecule has 0 saturated carbocycles. The van der Waals surface area contributed by atoms with Crippen molar-refractivity contribution in [2.75, 3.05) is 17.7 Å². The average molecular weight is 336 g/mol. The number of carbonyl (C=O) groups is 1. The number of carbonyl (C=O) groups excluding carboxylic acids is 1. The Labute approximate surface area is 144 Å². The van der Waals surface area contributed by atoms with Gasteiger partial charge in [-0.1, -0.05) is 6.07 Å². The summed E-state index contributed by atoms with van der Waals surface area (Å²) in [6.45, 7) is 0.500. The van der Waals surface area contributed by atoms with Crippen LogP contribution < -0.4 is 10.6 Å². The van der Waals surface area contributed by atoms with Gasteiger partial charge in [0.1, 0.15) is 0 Å². The molecule has 8 heteroatoms. The molecule has 0 aliphatic rings. The van der Waals surface area contributed by atoms with Gasteiger partial charge in [0.15, 0.2) is 5.82 Å². The van der Waals surface area contributed by atoms with Crippen LogP contribution in [0.1, 0.15) is 16.1 Å². The predicted octanol–water partition coefficient (Wildman–Crippen LogP) is 2.41. The number of hydrogen-bond acceptors (Lipinski definition) is 8. The van der Waals surface area contributed by atoms with Crippen molar-refractivity contribution in [3.05, 3.63) is 66.1 Å². The van der Waals surface area contributed by atoms with Crippen LogP contribution >= 0.6 is 0 Å². The lowest BCUT2D eigenvalue weighted by atomic mass is 10.2. The van der Waals surface area contributed by atoms with E-state index in [4.69, 9.17) is 0 Å². The van der Waals surface area contributed by atoms with E-state index in [2.05, 4.69) is 35.5 Å². The monoisotopic (exact) mass is 336 g/mol. The van der Waals surface area contributed by atoms with E-state index in [0.29, 0.717) is 23.9 Å². The van der Waals surface area contributed by atoms with Gasteiger partial charge in [0.05, 0.1) is 31.1 Å². The molecule has 0 unspecified atom stereocenters. The summed E-state index contributed by atoms with van der Waals surface area (Å²) in [5.74, 6) is 0.544. The highest BCUT2D eigenvalue weighted by atomic mass is 16.5. The quantitative estimate of drug-likeness (QED) is 0.662. The Morgan fingerprint density at radius 2 is 2.00 bits per heavy atom. The molecule has 2 heterocycles. The van der Waals surface area contributed by atoms with Crippen LogP contribution in [0.4, 0.5) is 17.5 Å². The van der Waals surface area contributed by atoms with Crippen molar-refractivity contribution in [1.82, 2.24) is 20.2 Å². The summed E-state index contributed by atoms with van der Waals surface area (Å²) in [4.78, 5) is 20.0. The van der Waals surface area contributed by atoms with E-state index < -0.39 is 0 Å². The maximum atomic E-state index is 11.4. The second-order valence-corrected chi connectivity index (χ2v) is 5.03. The molecule has 0 saturated heterocycles. The molecule has 126 valence electrons. The Hall–Kier alpha value is -3.55. The Kier molecular flexibility index (Phi) is 5.10. The van der Waals surface area contributed by atoms with Gasteiger partial charge in [0.25, 0.3) is 0 Å². The van der Waals surface area contributed by atoms with Gasteiger partial charge in [-0.15, -0.1) is 5.10 Å². The topological polar surface area (TPSA) is 102 Å². The van der Waals surface area contributed by atoms with Crippen LogP contribution in [0.15, 0.2) is 54.9 Å². The van der Waals surface area contributed by atoms with Gasteiger partial charge in [-0.3, -0.25) is 4.98 Å². The number of esters is 1. The van der Waals surface area contributed by atoms with Gasteiger partial charge in [0.2, 0.25) is 5.95 Å². The second-order valence-electron chi connectivity index (χ2n) is 5.03. The van der Waals surface area contributed by atoms with Crippen LogP contribution in [0.2, 0.25) is 0 Å². The molecule has 0 bridgehead atoms. The fourth-order valence-corrected chi connectivity index (χ4v) is 2.07. The summed E-state index contributed by atoms with van der Waals surface area (Å²) in [7, 11) is 1.35. The molecule has 0 aliphatic heterocycles. The highest BCUT2D eigenvalue weighted by molar-refractivity contribution is 5.89. The lowest BCUT2D eigenvalue weighted by Gasteiger charge is -2.08. The first-order valence-electron chi connectivity index (χ1n) is 7.53. The third kappa shape index (κ3) is 4.47. The third-order valence-electron chi connectivity index (χ3n) is 3.29. The molecule has 8 nitrogen and oxygen atoms in total. The third-order valence-corrected chi connectivity index (χ3v) is 3.29. The van der Waals surface area contributed by atoms with Gasteiger partial charge in [-0.2, -0.15) is 10.1 Å². The van der Waals surface area contributed by atoms with Crippen molar-refractivity contribution < 1.29 is 9.53 Å². The summed E-state index contributed by atoms with van der Waals surface area (Å²) < 4.78 is 4.67. The number of benzene rings is 1. The summed E-state index contributed by atoms with van der Waals surface area (Å²) >= 11 is 0. The number of ether oxygens (including phenoxy) is 1. The van der Waals surface area contributed by atoms with Gasteiger partial charge in [-0.25, -0.2) is 4.79 Å². The predicted molar refractivity (Wildman–Crippen MR) is 92.5 cm³/mol. The van der Waals surface area contributed by atoms with Crippen molar-refractivity contribution in [2.24, 2.45) is 0 Å². The highest BCUT2D eigenvalue weighted by Crippen LogP contribution is 2.16. The summed E-state index contributed by atoms with van der Waals surface area (Å²) in [5.41, 5.74) is 2.12. The molecule has 0 fully saturated rings. The molecular formula is C17H16N6O2. The maximum absolute atomic E-state index is 11.4. The smallest absolute Gasteiger partial charge is 0.337 e. The van der Waals surface area contributed by atoms with Gasteiger partial charge in [-0.05, 0) is 36.4 Å². The molecule has 3 aromatic rings. The zero-order valence-corrected chi connectivity index (χ0v) is 13.5. The molecule has 0 atom stereocenters. The normalized spacial score (nSPS) is 10.1. The van der Waals surface area contributed by atoms with Crippen LogP contribution in [0.25, 0.3) is 0 Å². The van der Waals surface area contributed by atoms with E-state index in [1.54, 1.807) is 30.5 Å². The minimum absolute atomic E-state index is 0.378. The van der Waals surface area contributed by atoms with Crippen molar-refractivity contribution >= 4 is 23.4 Å². The van der Waals surface area contributed by atoms with E-state index >= 15 is 0 Å². The molecule has 1 aromatic carbocycles. The molecule has 2 aromatic heterocycles. The largest absolute Gasteiger partial charge is 0.465 e. The van der Waals surface area contributed by atoms with E-state index in [1.807, 2.05) is 18.2 Å². The van der Waals surface area contributed by atoms with Crippen LogP contribution in [0.5, 0.6) is 0 Å². The summed E-state index contributed by atoms with van der Waals surface area (Å²) in [6, 6.07) is 12.5. The lowest BCUT2D eigenvalue weighted by Crippen LogP contribution is -2.07. The Morgan fingerprint density at radius 1 is 1.16 bits per heavy atom. The molecule has 0 amide bonds. The number of methoxy groups -OCH3 is 1. The van der Waals surface area contributed by atoms with Crippen molar-refractivity contribution in [2.45, 2.75) is 6.54 Å². The minimum Gasteiger partial charge on any atom is -0.465 e.